The van der Waals surface area contributed by atoms with Crippen LogP contribution in [0.5, 0.6) is 5.75 Å². The maximum atomic E-state index is 12.8. The minimum absolute atomic E-state index is 0.0731. The van der Waals surface area contributed by atoms with E-state index < -0.39 is 0 Å². The van der Waals surface area contributed by atoms with Gasteiger partial charge in [-0.1, -0.05) is 48.5 Å². The number of imidazole rings is 1. The van der Waals surface area contributed by atoms with Crippen LogP contribution in [0.15, 0.2) is 103 Å². The molecule has 3 aromatic heterocycles. The first-order valence-corrected chi connectivity index (χ1v) is 17.1. The molecular formula is C37H38N8O2S. The molecule has 0 bridgehead atoms. The van der Waals surface area contributed by atoms with Gasteiger partial charge in [0.25, 0.3) is 0 Å². The van der Waals surface area contributed by atoms with Crippen molar-refractivity contribution in [2.75, 3.05) is 57.0 Å². The van der Waals surface area contributed by atoms with Crippen molar-refractivity contribution in [3.05, 3.63) is 108 Å². The van der Waals surface area contributed by atoms with E-state index in [-0.39, 0.29) is 5.91 Å². The molecule has 244 valence electrons. The number of aromatic nitrogens is 4. The Morgan fingerprint density at radius 1 is 0.917 bits per heavy atom. The van der Waals surface area contributed by atoms with E-state index in [1.165, 1.54) is 0 Å². The van der Waals surface area contributed by atoms with Crippen LogP contribution in [0, 0.1) is 0 Å². The van der Waals surface area contributed by atoms with Crippen molar-refractivity contribution in [3.63, 3.8) is 0 Å². The second kappa shape index (κ2) is 14.8. The molecule has 10 nitrogen and oxygen atoms in total. The van der Waals surface area contributed by atoms with Crippen LogP contribution in [0.4, 0.5) is 17.3 Å². The quantitative estimate of drug-likeness (QED) is 0.145. The smallest absolute Gasteiger partial charge is 0.228 e. The minimum Gasteiger partial charge on any atom is -0.493 e. The summed E-state index contributed by atoms with van der Waals surface area (Å²) < 4.78 is 8.14. The van der Waals surface area contributed by atoms with Gasteiger partial charge in [-0.15, -0.1) is 11.3 Å². The van der Waals surface area contributed by atoms with Gasteiger partial charge in [0.05, 0.1) is 24.4 Å². The topological polar surface area (TPSA) is 99.9 Å². The molecule has 6 aromatic rings. The highest BCUT2D eigenvalue weighted by molar-refractivity contribution is 7.15. The molecule has 11 heteroatoms. The number of benzene rings is 3. The molecule has 4 heterocycles. The normalized spacial score (nSPS) is 13.9. The van der Waals surface area contributed by atoms with Crippen molar-refractivity contribution in [1.29, 1.82) is 0 Å². The monoisotopic (exact) mass is 658 g/mol. The molecule has 1 aliphatic rings. The Bertz CT molecular complexity index is 1980. The second-order valence-corrected chi connectivity index (χ2v) is 12.8. The zero-order valence-corrected chi connectivity index (χ0v) is 27.7. The van der Waals surface area contributed by atoms with Crippen LogP contribution in [-0.4, -0.2) is 81.4 Å². The van der Waals surface area contributed by atoms with Gasteiger partial charge in [0.2, 0.25) is 11.9 Å². The van der Waals surface area contributed by atoms with E-state index in [0.29, 0.717) is 24.7 Å². The zero-order valence-electron chi connectivity index (χ0n) is 26.9. The molecular weight excluding hydrogens is 621 g/mol. The number of nitrogens with zero attached hydrogens (tertiary/aromatic N) is 6. The van der Waals surface area contributed by atoms with Crippen molar-refractivity contribution in [1.82, 2.24) is 29.2 Å². The average Bonchev–Trinajstić information content (AvgIpc) is 3.70. The first-order chi connectivity index (χ1) is 23.6. The molecule has 0 radical (unpaired) electrons. The van der Waals surface area contributed by atoms with Gasteiger partial charge in [-0.2, -0.15) is 0 Å². The lowest BCUT2D eigenvalue weighted by atomic mass is 10.1. The molecule has 1 saturated heterocycles. The van der Waals surface area contributed by atoms with E-state index in [2.05, 4.69) is 32.5 Å². The van der Waals surface area contributed by atoms with Crippen molar-refractivity contribution in [3.8, 4) is 28.4 Å². The number of fused-ring (bicyclic) bond motifs is 1. The number of rotatable bonds is 12. The number of anilines is 3. The van der Waals surface area contributed by atoms with Crippen LogP contribution in [0.3, 0.4) is 0 Å². The lowest BCUT2D eigenvalue weighted by molar-refractivity contribution is -0.115. The number of thiazole rings is 1. The van der Waals surface area contributed by atoms with E-state index in [1.54, 1.807) is 17.5 Å². The van der Waals surface area contributed by atoms with Crippen LogP contribution in [0.25, 0.3) is 27.6 Å². The summed E-state index contributed by atoms with van der Waals surface area (Å²) in [5.74, 6) is 1.21. The Morgan fingerprint density at radius 3 is 2.62 bits per heavy atom. The first-order valence-electron chi connectivity index (χ1n) is 16.2. The summed E-state index contributed by atoms with van der Waals surface area (Å²) in [6.07, 6.45) is 5.04. The third-order valence-corrected chi connectivity index (χ3v) is 9.12. The summed E-state index contributed by atoms with van der Waals surface area (Å²) >= 11 is 1.56. The Balaban J connectivity index is 1.05. The van der Waals surface area contributed by atoms with Crippen molar-refractivity contribution < 1.29 is 9.53 Å². The van der Waals surface area contributed by atoms with Gasteiger partial charge < -0.3 is 25.2 Å². The van der Waals surface area contributed by atoms with Gasteiger partial charge in [-0.25, -0.2) is 15.0 Å². The number of carbonyl (C=O) groups excluding carboxylic acids is 1. The summed E-state index contributed by atoms with van der Waals surface area (Å²) in [6, 6.07) is 27.3. The largest absolute Gasteiger partial charge is 0.493 e. The van der Waals surface area contributed by atoms with E-state index in [4.69, 9.17) is 14.7 Å². The number of likely N-dealkylation sites (N-methyl/N-ethyl adjacent to an activating group) is 1. The summed E-state index contributed by atoms with van der Waals surface area (Å²) in [4.78, 5) is 32.9. The Morgan fingerprint density at radius 2 is 1.75 bits per heavy atom. The van der Waals surface area contributed by atoms with Gasteiger partial charge >= 0.3 is 0 Å². The predicted octanol–water partition coefficient (Wildman–Crippen LogP) is 6.46. The minimum atomic E-state index is -0.0731. The highest BCUT2D eigenvalue weighted by Crippen LogP contribution is 2.35. The fourth-order valence-electron chi connectivity index (χ4n) is 5.86. The van der Waals surface area contributed by atoms with Gasteiger partial charge in [0, 0.05) is 73.5 Å². The highest BCUT2D eigenvalue weighted by atomic mass is 32.1. The molecule has 2 N–H and O–H groups in total. The molecule has 0 saturated carbocycles. The third-order valence-electron chi connectivity index (χ3n) is 8.36. The standard InChI is InChI=1S/C37H38N8O2S/c1-43-17-19-44(20-18-43)16-7-22-47-31-13-6-12-30(26-31)40-36-38-15-14-32(41-36)35-34(42-37-45(35)21-23-48-37)28-10-5-11-29(25-28)39-33(46)24-27-8-3-2-4-9-27/h2-6,8-15,21,23,25-26H,7,16-20,22,24H2,1H3,(H,39,46)(H,38,40,41). The first kappa shape index (κ1) is 31.5. The maximum absolute atomic E-state index is 12.8. The summed E-state index contributed by atoms with van der Waals surface area (Å²) in [7, 11) is 2.18. The van der Waals surface area contributed by atoms with Crippen molar-refractivity contribution in [2.24, 2.45) is 0 Å². The van der Waals surface area contributed by atoms with Crippen LogP contribution >= 0.6 is 11.3 Å². The maximum Gasteiger partial charge on any atom is 0.228 e. The fourth-order valence-corrected chi connectivity index (χ4v) is 6.57. The molecule has 0 unspecified atom stereocenters. The Labute approximate surface area is 284 Å². The second-order valence-electron chi connectivity index (χ2n) is 11.9. The number of ether oxygens (including phenoxy) is 1. The van der Waals surface area contributed by atoms with Crippen molar-refractivity contribution in [2.45, 2.75) is 12.8 Å². The lowest BCUT2D eigenvalue weighted by Gasteiger charge is -2.32. The molecule has 48 heavy (non-hydrogen) atoms. The zero-order chi connectivity index (χ0) is 32.7. The van der Waals surface area contributed by atoms with Gasteiger partial charge in [-0.3, -0.25) is 9.20 Å². The summed E-state index contributed by atoms with van der Waals surface area (Å²) in [6.45, 7) is 6.20. The number of nitrogens with one attached hydrogen (secondary N) is 2. The molecule has 0 aliphatic carbocycles. The lowest BCUT2D eigenvalue weighted by Crippen LogP contribution is -2.44. The molecule has 7 rings (SSSR count). The predicted molar refractivity (Wildman–Crippen MR) is 192 cm³/mol. The molecule has 0 spiro atoms. The van der Waals surface area contributed by atoms with Gasteiger partial charge in [-0.05, 0) is 49.4 Å². The number of hydrogen-bond acceptors (Lipinski definition) is 9. The van der Waals surface area contributed by atoms with E-state index in [1.807, 2.05) is 101 Å². The molecule has 0 atom stereocenters. The van der Waals surface area contributed by atoms with Crippen LogP contribution < -0.4 is 15.4 Å². The molecule has 3 aromatic carbocycles. The van der Waals surface area contributed by atoms with E-state index >= 15 is 0 Å². The van der Waals surface area contributed by atoms with Gasteiger partial charge in [0.15, 0.2) is 4.96 Å². The number of hydrogen-bond donors (Lipinski definition) is 2. The fraction of sp³-hybridized carbons (Fsp3) is 0.243. The van der Waals surface area contributed by atoms with E-state index in [0.717, 1.165) is 83.8 Å². The molecule has 1 amide bonds. The average molecular weight is 659 g/mol. The number of amides is 1. The number of carbonyl (C=O) groups is 1. The molecule has 1 aliphatic heterocycles. The highest BCUT2D eigenvalue weighted by Gasteiger charge is 2.19. The molecule has 1 fully saturated rings. The SMILES string of the molecule is CN1CCN(CCCOc2cccc(Nc3nccc(-c4c(-c5cccc(NC(=O)Cc6ccccc6)c5)nc5sccn45)n3)c2)CC1. The third kappa shape index (κ3) is 7.71. The summed E-state index contributed by atoms with van der Waals surface area (Å²) in [5, 5.41) is 8.40. The van der Waals surface area contributed by atoms with Crippen LogP contribution in [0.1, 0.15) is 12.0 Å². The van der Waals surface area contributed by atoms with Crippen LogP contribution in [-0.2, 0) is 11.2 Å². The van der Waals surface area contributed by atoms with Crippen LogP contribution in [0.2, 0.25) is 0 Å². The number of piperazine rings is 1. The summed E-state index contributed by atoms with van der Waals surface area (Å²) in [5.41, 5.74) is 5.75. The Kier molecular flexibility index (Phi) is 9.69. The van der Waals surface area contributed by atoms with Crippen molar-refractivity contribution >= 4 is 39.5 Å². The van der Waals surface area contributed by atoms with E-state index in [9.17, 15) is 4.79 Å². The van der Waals surface area contributed by atoms with Gasteiger partial charge in [0.1, 0.15) is 11.4 Å². The Hall–Kier alpha value is -5.10.